The highest BCUT2D eigenvalue weighted by Crippen LogP contribution is 2.16. The van der Waals surface area contributed by atoms with Crippen molar-refractivity contribution in [3.63, 3.8) is 0 Å². The van der Waals surface area contributed by atoms with E-state index < -0.39 is 0 Å². The molecule has 0 aliphatic carbocycles. The van der Waals surface area contributed by atoms with Gasteiger partial charge in [0.15, 0.2) is 5.78 Å². The molecule has 0 radical (unpaired) electrons. The SMILES string of the molecule is Cc1cc(CC(=O)c2cscc2C)n(C)n1. The Hall–Kier alpha value is -1.42. The predicted octanol–water partition coefficient (Wildman–Crippen LogP) is 2.52. The van der Waals surface area contributed by atoms with Crippen molar-refractivity contribution in [3.8, 4) is 0 Å². The minimum Gasteiger partial charge on any atom is -0.294 e. The summed E-state index contributed by atoms with van der Waals surface area (Å²) >= 11 is 1.57. The van der Waals surface area contributed by atoms with Crippen LogP contribution >= 0.6 is 11.3 Å². The summed E-state index contributed by atoms with van der Waals surface area (Å²) in [6, 6.07) is 1.96. The van der Waals surface area contributed by atoms with Crippen LogP contribution in [0.5, 0.6) is 0 Å². The van der Waals surface area contributed by atoms with E-state index in [1.54, 1.807) is 16.0 Å². The summed E-state index contributed by atoms with van der Waals surface area (Å²) in [6.45, 7) is 3.90. The molecule has 2 rings (SSSR count). The fourth-order valence-electron chi connectivity index (χ4n) is 1.74. The van der Waals surface area contributed by atoms with Crippen LogP contribution in [0.2, 0.25) is 0 Å². The third kappa shape index (κ3) is 2.07. The van der Waals surface area contributed by atoms with Gasteiger partial charge in [-0.05, 0) is 30.9 Å². The normalized spacial score (nSPS) is 10.7. The smallest absolute Gasteiger partial charge is 0.169 e. The van der Waals surface area contributed by atoms with Crippen molar-refractivity contribution in [3.05, 3.63) is 39.3 Å². The Morgan fingerprint density at radius 3 is 2.69 bits per heavy atom. The van der Waals surface area contributed by atoms with Crippen molar-refractivity contribution in [1.82, 2.24) is 9.78 Å². The number of hydrogen-bond acceptors (Lipinski definition) is 3. The molecule has 0 aliphatic heterocycles. The molecule has 0 N–H and O–H groups in total. The quantitative estimate of drug-likeness (QED) is 0.765. The number of hydrogen-bond donors (Lipinski definition) is 0. The predicted molar refractivity (Wildman–Crippen MR) is 65.0 cm³/mol. The summed E-state index contributed by atoms with van der Waals surface area (Å²) in [4.78, 5) is 12.0. The standard InChI is InChI=1S/C12H14N2OS/c1-8-6-16-7-11(8)12(15)5-10-4-9(2)13-14(10)3/h4,6-7H,5H2,1-3H3. The maximum Gasteiger partial charge on any atom is 0.169 e. The molecule has 0 spiro atoms. The molecular weight excluding hydrogens is 220 g/mol. The number of aromatic nitrogens is 2. The van der Waals surface area contributed by atoms with Crippen molar-refractivity contribution in [2.75, 3.05) is 0 Å². The molecule has 0 amide bonds. The van der Waals surface area contributed by atoms with Gasteiger partial charge in [-0.2, -0.15) is 16.4 Å². The van der Waals surface area contributed by atoms with Gasteiger partial charge in [-0.1, -0.05) is 0 Å². The molecule has 0 fully saturated rings. The number of ketones is 1. The number of nitrogens with zero attached hydrogens (tertiary/aromatic N) is 2. The fourth-order valence-corrected chi connectivity index (χ4v) is 2.59. The van der Waals surface area contributed by atoms with Gasteiger partial charge in [-0.25, -0.2) is 0 Å². The van der Waals surface area contributed by atoms with Crippen LogP contribution in [0.1, 0.15) is 27.3 Å². The summed E-state index contributed by atoms with van der Waals surface area (Å²) in [5.74, 6) is 0.168. The van der Waals surface area contributed by atoms with Crippen LogP contribution in [0.4, 0.5) is 0 Å². The average molecular weight is 234 g/mol. The van der Waals surface area contributed by atoms with Gasteiger partial charge in [0.05, 0.1) is 12.1 Å². The third-order valence-corrected chi connectivity index (χ3v) is 3.46. The zero-order chi connectivity index (χ0) is 11.7. The van der Waals surface area contributed by atoms with Gasteiger partial charge in [-0.15, -0.1) is 0 Å². The molecule has 3 nitrogen and oxygen atoms in total. The number of carbonyl (C=O) groups excluding carboxylic acids is 1. The van der Waals surface area contributed by atoms with Crippen molar-refractivity contribution >= 4 is 17.1 Å². The number of carbonyl (C=O) groups is 1. The molecule has 0 atom stereocenters. The highest BCUT2D eigenvalue weighted by molar-refractivity contribution is 7.08. The molecule has 0 aliphatic rings. The molecule has 2 aromatic rings. The van der Waals surface area contributed by atoms with Crippen LogP contribution in [-0.4, -0.2) is 15.6 Å². The summed E-state index contributed by atoms with van der Waals surface area (Å²) in [6.07, 6.45) is 0.426. The van der Waals surface area contributed by atoms with E-state index in [2.05, 4.69) is 5.10 Å². The second-order valence-corrected chi connectivity index (χ2v) is 4.71. The maximum atomic E-state index is 12.0. The number of rotatable bonds is 3. The maximum absolute atomic E-state index is 12.0. The minimum atomic E-state index is 0.168. The molecule has 0 aromatic carbocycles. The summed E-state index contributed by atoms with van der Waals surface area (Å²) in [5.41, 5.74) is 3.82. The van der Waals surface area contributed by atoms with Gasteiger partial charge in [-0.3, -0.25) is 9.48 Å². The molecule has 2 heterocycles. The van der Waals surface area contributed by atoms with Crippen LogP contribution < -0.4 is 0 Å². The van der Waals surface area contributed by atoms with Crippen molar-refractivity contribution < 1.29 is 4.79 Å². The average Bonchev–Trinajstić information content (AvgIpc) is 2.74. The van der Waals surface area contributed by atoms with Crippen LogP contribution in [-0.2, 0) is 13.5 Å². The van der Waals surface area contributed by atoms with E-state index in [0.717, 1.165) is 22.5 Å². The Bertz CT molecular complexity index is 525. The van der Waals surface area contributed by atoms with E-state index in [9.17, 15) is 4.79 Å². The van der Waals surface area contributed by atoms with Crippen LogP contribution in [0.3, 0.4) is 0 Å². The van der Waals surface area contributed by atoms with Gasteiger partial charge in [0, 0.05) is 23.7 Å². The van der Waals surface area contributed by atoms with E-state index in [1.807, 2.05) is 37.7 Å². The fraction of sp³-hybridized carbons (Fsp3) is 0.333. The first kappa shape index (κ1) is 11.1. The second kappa shape index (κ2) is 4.22. The van der Waals surface area contributed by atoms with E-state index in [-0.39, 0.29) is 5.78 Å². The monoisotopic (exact) mass is 234 g/mol. The zero-order valence-corrected chi connectivity index (χ0v) is 10.5. The van der Waals surface area contributed by atoms with Gasteiger partial charge >= 0.3 is 0 Å². The Morgan fingerprint density at radius 1 is 1.44 bits per heavy atom. The largest absolute Gasteiger partial charge is 0.294 e. The lowest BCUT2D eigenvalue weighted by molar-refractivity contribution is 0.0990. The van der Waals surface area contributed by atoms with E-state index >= 15 is 0 Å². The lowest BCUT2D eigenvalue weighted by Gasteiger charge is -2.01. The molecule has 0 unspecified atom stereocenters. The number of aryl methyl sites for hydroxylation is 3. The molecule has 16 heavy (non-hydrogen) atoms. The first-order valence-corrected chi connectivity index (χ1v) is 6.07. The Kier molecular flexibility index (Phi) is 2.92. The van der Waals surface area contributed by atoms with Crippen molar-refractivity contribution in [2.45, 2.75) is 20.3 Å². The Labute approximate surface area is 98.7 Å². The van der Waals surface area contributed by atoms with Crippen LogP contribution in [0.25, 0.3) is 0 Å². The molecule has 84 valence electrons. The number of Topliss-reactive ketones (excluding diaryl/α,β-unsaturated/α-hetero) is 1. The van der Waals surface area contributed by atoms with Gasteiger partial charge in [0.25, 0.3) is 0 Å². The molecule has 2 aromatic heterocycles. The molecule has 0 saturated heterocycles. The second-order valence-electron chi connectivity index (χ2n) is 3.97. The van der Waals surface area contributed by atoms with E-state index in [1.165, 1.54) is 0 Å². The van der Waals surface area contributed by atoms with E-state index in [4.69, 9.17) is 0 Å². The topological polar surface area (TPSA) is 34.9 Å². The van der Waals surface area contributed by atoms with Crippen molar-refractivity contribution in [1.29, 1.82) is 0 Å². The summed E-state index contributed by atoms with van der Waals surface area (Å²) < 4.78 is 1.77. The Balaban J connectivity index is 2.20. The number of thiophene rings is 1. The minimum absolute atomic E-state index is 0.168. The molecule has 0 saturated carbocycles. The lowest BCUT2D eigenvalue weighted by atomic mass is 10.1. The molecule has 0 bridgehead atoms. The zero-order valence-electron chi connectivity index (χ0n) is 9.65. The molecular formula is C12H14N2OS. The first-order chi connectivity index (χ1) is 7.58. The molecule has 4 heteroatoms. The van der Waals surface area contributed by atoms with E-state index in [0.29, 0.717) is 6.42 Å². The lowest BCUT2D eigenvalue weighted by Crippen LogP contribution is -2.08. The van der Waals surface area contributed by atoms with Crippen LogP contribution in [0.15, 0.2) is 16.8 Å². The highest BCUT2D eigenvalue weighted by atomic mass is 32.1. The van der Waals surface area contributed by atoms with Gasteiger partial charge < -0.3 is 0 Å². The third-order valence-electron chi connectivity index (χ3n) is 2.60. The first-order valence-electron chi connectivity index (χ1n) is 5.13. The highest BCUT2D eigenvalue weighted by Gasteiger charge is 2.13. The van der Waals surface area contributed by atoms with Gasteiger partial charge in [0.1, 0.15) is 0 Å². The van der Waals surface area contributed by atoms with Crippen molar-refractivity contribution in [2.24, 2.45) is 7.05 Å². The Morgan fingerprint density at radius 2 is 2.19 bits per heavy atom. The van der Waals surface area contributed by atoms with Crippen LogP contribution in [0, 0.1) is 13.8 Å². The van der Waals surface area contributed by atoms with Gasteiger partial charge in [0.2, 0.25) is 0 Å². The summed E-state index contributed by atoms with van der Waals surface area (Å²) in [7, 11) is 1.87. The summed E-state index contributed by atoms with van der Waals surface area (Å²) in [5, 5.41) is 8.15.